The zero-order chi connectivity index (χ0) is 17.5. The molecule has 2 aliphatic carbocycles. The monoisotopic (exact) mass is 328 g/mol. The van der Waals surface area contributed by atoms with Gasteiger partial charge in [-0.15, -0.1) is 0 Å². The van der Waals surface area contributed by atoms with Crippen molar-refractivity contribution in [1.82, 2.24) is 0 Å². The van der Waals surface area contributed by atoms with E-state index in [-0.39, 0.29) is 5.41 Å². The summed E-state index contributed by atoms with van der Waals surface area (Å²) in [6.07, 6.45) is 5.28. The molecular formula is C22H36N2. The van der Waals surface area contributed by atoms with Gasteiger partial charge in [0.2, 0.25) is 0 Å². The summed E-state index contributed by atoms with van der Waals surface area (Å²) in [5.74, 6) is 2.28. The van der Waals surface area contributed by atoms with Crippen molar-refractivity contribution in [2.45, 2.75) is 71.8 Å². The first-order valence-electron chi connectivity index (χ1n) is 9.80. The van der Waals surface area contributed by atoms with Gasteiger partial charge in [-0.2, -0.15) is 0 Å². The van der Waals surface area contributed by atoms with Crippen LogP contribution in [-0.4, -0.2) is 12.6 Å². The Morgan fingerprint density at radius 1 is 1.08 bits per heavy atom. The zero-order valence-corrected chi connectivity index (χ0v) is 16.2. The van der Waals surface area contributed by atoms with E-state index in [9.17, 15) is 0 Å². The first-order valence-corrected chi connectivity index (χ1v) is 9.80. The maximum Gasteiger partial charge on any atom is 0.0342 e. The summed E-state index contributed by atoms with van der Waals surface area (Å²) in [7, 11) is 0. The molecule has 2 saturated carbocycles. The molecule has 3 rings (SSSR count). The van der Waals surface area contributed by atoms with Crippen LogP contribution >= 0.6 is 0 Å². The minimum atomic E-state index is 0.218. The van der Waals surface area contributed by atoms with E-state index in [0.717, 1.165) is 18.4 Å². The fraction of sp³-hybridized carbons (Fsp3) is 0.727. The largest absolute Gasteiger partial charge is 0.382 e. The van der Waals surface area contributed by atoms with Crippen LogP contribution in [-0.2, 0) is 5.41 Å². The van der Waals surface area contributed by atoms with Gasteiger partial charge in [-0.1, -0.05) is 46.8 Å². The molecule has 2 aliphatic rings. The third-order valence-electron chi connectivity index (χ3n) is 6.57. The van der Waals surface area contributed by atoms with E-state index < -0.39 is 0 Å². The highest BCUT2D eigenvalue weighted by Gasteiger charge is 2.47. The van der Waals surface area contributed by atoms with Crippen LogP contribution in [0.4, 0.5) is 5.69 Å². The Morgan fingerprint density at radius 3 is 2.33 bits per heavy atom. The van der Waals surface area contributed by atoms with E-state index in [1.165, 1.54) is 36.9 Å². The predicted molar refractivity (Wildman–Crippen MR) is 104 cm³/mol. The molecule has 1 aromatic rings. The molecule has 3 N–H and O–H groups in total. The lowest BCUT2D eigenvalue weighted by molar-refractivity contribution is 0.0155. The summed E-state index contributed by atoms with van der Waals surface area (Å²) in [6, 6.07) is 9.69. The van der Waals surface area contributed by atoms with Crippen LogP contribution in [0.15, 0.2) is 24.3 Å². The van der Waals surface area contributed by atoms with E-state index in [0.29, 0.717) is 17.4 Å². The lowest BCUT2D eigenvalue weighted by atomic mass is 9.55. The van der Waals surface area contributed by atoms with Crippen molar-refractivity contribution >= 4 is 5.69 Å². The fourth-order valence-corrected chi connectivity index (χ4v) is 5.55. The van der Waals surface area contributed by atoms with E-state index >= 15 is 0 Å². The van der Waals surface area contributed by atoms with Crippen LogP contribution in [0.25, 0.3) is 0 Å². The lowest BCUT2D eigenvalue weighted by Crippen LogP contribution is -2.52. The normalized spacial score (nSPS) is 36.4. The van der Waals surface area contributed by atoms with Crippen molar-refractivity contribution in [3.8, 4) is 0 Å². The molecule has 1 aromatic carbocycles. The molecular weight excluding hydrogens is 292 g/mol. The van der Waals surface area contributed by atoms with Crippen LogP contribution in [0, 0.1) is 23.2 Å². The molecule has 2 nitrogen and oxygen atoms in total. The number of nitrogens with two attached hydrogens (primary N) is 1. The van der Waals surface area contributed by atoms with Crippen LogP contribution in [0.3, 0.4) is 0 Å². The number of nitrogens with one attached hydrogen (secondary N) is 1. The number of rotatable bonds is 3. The van der Waals surface area contributed by atoms with Crippen molar-refractivity contribution in [2.24, 2.45) is 28.9 Å². The predicted octanol–water partition coefficient (Wildman–Crippen LogP) is 5.19. The van der Waals surface area contributed by atoms with E-state index in [1.807, 2.05) is 0 Å². The Hall–Kier alpha value is -1.02. The maximum atomic E-state index is 6.20. The molecule has 0 aliphatic heterocycles. The number of fused-ring (bicyclic) bond motifs is 2. The van der Waals surface area contributed by atoms with E-state index in [2.05, 4.69) is 64.2 Å². The second kappa shape index (κ2) is 6.37. The summed E-state index contributed by atoms with van der Waals surface area (Å²) in [6.45, 7) is 12.5. The average molecular weight is 329 g/mol. The molecule has 0 aromatic heterocycles. The number of anilines is 1. The highest BCUT2D eigenvalue weighted by molar-refractivity contribution is 5.47. The molecule has 24 heavy (non-hydrogen) atoms. The smallest absolute Gasteiger partial charge is 0.0342 e. The van der Waals surface area contributed by atoms with Crippen LogP contribution < -0.4 is 11.1 Å². The Kier molecular flexibility index (Phi) is 4.72. The fourth-order valence-electron chi connectivity index (χ4n) is 5.55. The third-order valence-corrected chi connectivity index (χ3v) is 6.57. The van der Waals surface area contributed by atoms with Gasteiger partial charge in [0.25, 0.3) is 0 Å². The number of hydrogen-bond donors (Lipinski definition) is 2. The van der Waals surface area contributed by atoms with E-state index in [1.54, 1.807) is 0 Å². The van der Waals surface area contributed by atoms with Gasteiger partial charge in [0.15, 0.2) is 0 Å². The van der Waals surface area contributed by atoms with Crippen molar-refractivity contribution in [3.63, 3.8) is 0 Å². The second-order valence-corrected chi connectivity index (χ2v) is 9.89. The van der Waals surface area contributed by atoms with Gasteiger partial charge in [0.1, 0.15) is 0 Å². The molecule has 2 fully saturated rings. The standard InChI is InChI=1S/C22H36N2/c1-15-10-17-13-22(11-15,14-23)12-16(2)20(17)24-19-8-6-18(7-9-19)21(3,4)5/h6-9,15-17,20,24H,10-14,23H2,1-5H3. The summed E-state index contributed by atoms with van der Waals surface area (Å²) in [5, 5.41) is 3.89. The molecule has 5 unspecified atom stereocenters. The van der Waals surface area contributed by atoms with Gasteiger partial charge in [0.05, 0.1) is 0 Å². The van der Waals surface area contributed by atoms with Crippen molar-refractivity contribution < 1.29 is 0 Å². The number of hydrogen-bond acceptors (Lipinski definition) is 2. The zero-order valence-electron chi connectivity index (χ0n) is 16.2. The summed E-state index contributed by atoms with van der Waals surface area (Å²) in [5.41, 5.74) is 9.51. The summed E-state index contributed by atoms with van der Waals surface area (Å²) in [4.78, 5) is 0. The van der Waals surface area contributed by atoms with Gasteiger partial charge >= 0.3 is 0 Å². The summed E-state index contributed by atoms with van der Waals surface area (Å²) < 4.78 is 0. The quantitative estimate of drug-likeness (QED) is 0.801. The van der Waals surface area contributed by atoms with Crippen molar-refractivity contribution in [2.75, 3.05) is 11.9 Å². The van der Waals surface area contributed by atoms with Gasteiger partial charge in [-0.05, 0) is 78.5 Å². The summed E-state index contributed by atoms with van der Waals surface area (Å²) >= 11 is 0. The molecule has 2 heteroatoms. The molecule has 0 heterocycles. The van der Waals surface area contributed by atoms with Gasteiger partial charge in [-0.25, -0.2) is 0 Å². The van der Waals surface area contributed by atoms with Crippen LogP contribution in [0.5, 0.6) is 0 Å². The van der Waals surface area contributed by atoms with Crippen LogP contribution in [0.2, 0.25) is 0 Å². The third kappa shape index (κ3) is 3.49. The minimum Gasteiger partial charge on any atom is -0.382 e. The van der Waals surface area contributed by atoms with Crippen molar-refractivity contribution in [3.05, 3.63) is 29.8 Å². The van der Waals surface area contributed by atoms with Gasteiger partial charge in [0, 0.05) is 11.7 Å². The SMILES string of the molecule is CC1CC2CC(CN)(C1)CC(C)C2Nc1ccc(C(C)(C)C)cc1. The average Bonchev–Trinajstić information content (AvgIpc) is 2.50. The topological polar surface area (TPSA) is 38.0 Å². The Bertz CT molecular complexity index is 552. The highest BCUT2D eigenvalue weighted by atomic mass is 14.9. The molecule has 0 saturated heterocycles. The second-order valence-electron chi connectivity index (χ2n) is 9.89. The number of benzene rings is 1. The minimum absolute atomic E-state index is 0.218. The van der Waals surface area contributed by atoms with Crippen LogP contribution in [0.1, 0.15) is 65.9 Å². The Balaban J connectivity index is 1.75. The Labute approximate surface area is 148 Å². The van der Waals surface area contributed by atoms with Gasteiger partial charge < -0.3 is 11.1 Å². The first-order chi connectivity index (χ1) is 11.2. The van der Waals surface area contributed by atoms with E-state index in [4.69, 9.17) is 5.73 Å². The lowest BCUT2D eigenvalue weighted by Gasteiger charge is -2.53. The molecule has 134 valence electrons. The first kappa shape index (κ1) is 17.8. The molecule has 5 atom stereocenters. The molecule has 0 radical (unpaired) electrons. The Morgan fingerprint density at radius 2 is 1.75 bits per heavy atom. The maximum absolute atomic E-state index is 6.20. The van der Waals surface area contributed by atoms with Gasteiger partial charge in [-0.3, -0.25) is 0 Å². The van der Waals surface area contributed by atoms with Crippen molar-refractivity contribution in [1.29, 1.82) is 0 Å². The highest BCUT2D eigenvalue weighted by Crippen LogP contribution is 2.52. The molecule has 0 amide bonds. The molecule has 0 spiro atoms. The molecule has 2 bridgehead atoms.